The molecule has 0 bridgehead atoms. The van der Waals surface area contributed by atoms with E-state index in [1.54, 1.807) is 34.9 Å². The number of thioether (sulfide) groups is 1. The van der Waals surface area contributed by atoms with E-state index in [-0.39, 0.29) is 5.54 Å². The van der Waals surface area contributed by atoms with Gasteiger partial charge in [0.1, 0.15) is 5.03 Å². The zero-order chi connectivity index (χ0) is 15.6. The summed E-state index contributed by atoms with van der Waals surface area (Å²) < 4.78 is 3.88. The lowest BCUT2D eigenvalue weighted by Gasteiger charge is -2.20. The van der Waals surface area contributed by atoms with Crippen LogP contribution in [0.15, 0.2) is 13.7 Å². The minimum Gasteiger partial charge on any atom is -0.308 e. The van der Waals surface area contributed by atoms with Crippen LogP contribution in [0.2, 0.25) is 0 Å². The zero-order valence-corrected chi connectivity index (χ0v) is 15.7. The van der Waals surface area contributed by atoms with Crippen LogP contribution in [0.1, 0.15) is 32.0 Å². The number of hydrogen-bond acceptors (Lipinski definition) is 7. The molecule has 1 N–H and O–H groups in total. The molecule has 0 aliphatic carbocycles. The van der Waals surface area contributed by atoms with Crippen molar-refractivity contribution in [1.82, 2.24) is 25.3 Å². The van der Waals surface area contributed by atoms with Gasteiger partial charge in [-0.2, -0.15) is 5.10 Å². The predicted molar refractivity (Wildman–Crippen MR) is 90.4 cm³/mol. The Morgan fingerprint density at radius 3 is 2.48 bits per heavy atom. The van der Waals surface area contributed by atoms with Crippen LogP contribution in [0.3, 0.4) is 0 Å². The highest BCUT2D eigenvalue weighted by molar-refractivity contribution is 8.03. The molecule has 0 amide bonds. The first kappa shape index (κ1) is 16.8. The van der Waals surface area contributed by atoms with Crippen molar-refractivity contribution < 1.29 is 0 Å². The number of aromatic nitrogens is 4. The quantitative estimate of drug-likeness (QED) is 0.840. The molecule has 0 spiro atoms. The number of rotatable bonds is 5. The zero-order valence-electron chi connectivity index (χ0n) is 13.2. The molecule has 2 heterocycles. The highest BCUT2D eigenvalue weighted by atomic mass is 32.2. The molecule has 116 valence electrons. The minimum atomic E-state index is 0.0823. The van der Waals surface area contributed by atoms with Gasteiger partial charge in [0.2, 0.25) is 0 Å². The Balaban J connectivity index is 2.21. The summed E-state index contributed by atoms with van der Waals surface area (Å²) in [6.45, 7) is 9.36. The first-order chi connectivity index (χ1) is 9.80. The van der Waals surface area contributed by atoms with Crippen molar-refractivity contribution in [3.63, 3.8) is 0 Å². The van der Waals surface area contributed by atoms with E-state index in [9.17, 15) is 0 Å². The van der Waals surface area contributed by atoms with Gasteiger partial charge in [-0.25, -0.2) is 0 Å². The van der Waals surface area contributed by atoms with Gasteiger partial charge in [0, 0.05) is 24.7 Å². The second-order valence-electron chi connectivity index (χ2n) is 5.74. The number of nitrogens with one attached hydrogen (secondary N) is 1. The maximum Gasteiger partial charge on any atom is 0.181 e. The third kappa shape index (κ3) is 4.45. The van der Waals surface area contributed by atoms with Crippen molar-refractivity contribution in [2.24, 2.45) is 7.05 Å². The van der Waals surface area contributed by atoms with Gasteiger partial charge in [-0.15, -0.1) is 10.2 Å². The fourth-order valence-corrected chi connectivity index (χ4v) is 4.34. The Morgan fingerprint density at radius 2 is 1.90 bits per heavy atom. The van der Waals surface area contributed by atoms with Crippen LogP contribution in [0, 0.1) is 6.92 Å². The van der Waals surface area contributed by atoms with Crippen molar-refractivity contribution in [2.45, 2.75) is 53.5 Å². The molecule has 0 aliphatic heterocycles. The summed E-state index contributed by atoms with van der Waals surface area (Å²) in [5.41, 5.74) is 2.38. The molecule has 0 aliphatic rings. The summed E-state index contributed by atoms with van der Waals surface area (Å²) in [5, 5.41) is 17.6. The third-order valence-electron chi connectivity index (χ3n) is 2.83. The van der Waals surface area contributed by atoms with E-state index in [1.807, 2.05) is 18.0 Å². The average molecular weight is 344 g/mol. The standard InChI is InChI=1S/C13H21N5S3/c1-8-9(7-14-13(2,3)4)10(18(5)17-8)20-12-16-15-11(19-6)21-12/h14H,7H2,1-6H3. The van der Waals surface area contributed by atoms with Crippen LogP contribution in [-0.4, -0.2) is 31.8 Å². The average Bonchev–Trinajstić information content (AvgIpc) is 2.93. The topological polar surface area (TPSA) is 55.6 Å². The molecule has 0 unspecified atom stereocenters. The summed E-state index contributed by atoms with van der Waals surface area (Å²) >= 11 is 4.88. The minimum absolute atomic E-state index is 0.0823. The molecular formula is C13H21N5S3. The van der Waals surface area contributed by atoms with Crippen LogP contribution in [0.4, 0.5) is 0 Å². The van der Waals surface area contributed by atoms with Gasteiger partial charge in [0.25, 0.3) is 0 Å². The van der Waals surface area contributed by atoms with Crippen LogP contribution >= 0.6 is 34.9 Å². The Hall–Kier alpha value is -0.570. The van der Waals surface area contributed by atoms with E-state index < -0.39 is 0 Å². The van der Waals surface area contributed by atoms with Crippen LogP contribution < -0.4 is 5.32 Å². The lowest BCUT2D eigenvalue weighted by Crippen LogP contribution is -2.35. The molecule has 0 atom stereocenters. The predicted octanol–water partition coefficient (Wildman–Crippen LogP) is 3.34. The summed E-state index contributed by atoms with van der Waals surface area (Å²) in [6, 6.07) is 0. The van der Waals surface area contributed by atoms with Crippen molar-refractivity contribution in [3.8, 4) is 0 Å². The number of hydrogen-bond donors (Lipinski definition) is 1. The molecule has 0 radical (unpaired) electrons. The Kier molecular flexibility index (Phi) is 5.34. The largest absolute Gasteiger partial charge is 0.308 e. The van der Waals surface area contributed by atoms with Crippen molar-refractivity contribution in [3.05, 3.63) is 11.3 Å². The summed E-state index contributed by atoms with van der Waals surface area (Å²) in [4.78, 5) is 0. The fraction of sp³-hybridized carbons (Fsp3) is 0.615. The highest BCUT2D eigenvalue weighted by Crippen LogP contribution is 2.35. The molecule has 2 aromatic rings. The molecule has 0 aromatic carbocycles. The molecule has 0 saturated carbocycles. The molecular weight excluding hydrogens is 322 g/mol. The van der Waals surface area contributed by atoms with E-state index in [4.69, 9.17) is 0 Å². The molecule has 0 fully saturated rings. The Morgan fingerprint density at radius 1 is 1.24 bits per heavy atom. The molecule has 0 saturated heterocycles. The number of aryl methyl sites for hydroxylation is 2. The van der Waals surface area contributed by atoms with Gasteiger partial charge in [0.15, 0.2) is 8.68 Å². The van der Waals surface area contributed by atoms with E-state index in [1.165, 1.54) is 5.56 Å². The van der Waals surface area contributed by atoms with E-state index in [2.05, 4.69) is 48.3 Å². The first-order valence-corrected chi connectivity index (χ1v) is 9.49. The summed E-state index contributed by atoms with van der Waals surface area (Å²) in [5.74, 6) is 0. The SMILES string of the molecule is CSc1nnc(Sc2c(CNC(C)(C)C)c(C)nn2C)s1. The molecule has 8 heteroatoms. The lowest BCUT2D eigenvalue weighted by atomic mass is 10.1. The monoisotopic (exact) mass is 343 g/mol. The molecule has 2 aromatic heterocycles. The van der Waals surface area contributed by atoms with Crippen molar-refractivity contribution >= 4 is 34.9 Å². The van der Waals surface area contributed by atoms with E-state index in [0.29, 0.717) is 0 Å². The second-order valence-corrected chi connectivity index (χ2v) is 9.00. The van der Waals surface area contributed by atoms with Crippen LogP contribution in [0.25, 0.3) is 0 Å². The van der Waals surface area contributed by atoms with Crippen molar-refractivity contribution in [1.29, 1.82) is 0 Å². The molecule has 5 nitrogen and oxygen atoms in total. The number of nitrogens with zero attached hydrogens (tertiary/aromatic N) is 4. The van der Waals surface area contributed by atoms with Gasteiger partial charge in [0.05, 0.1) is 5.69 Å². The highest BCUT2D eigenvalue weighted by Gasteiger charge is 2.18. The Bertz CT molecular complexity index is 612. The Labute approximate surface area is 138 Å². The van der Waals surface area contributed by atoms with Gasteiger partial charge < -0.3 is 5.32 Å². The second kappa shape index (κ2) is 6.68. The van der Waals surface area contributed by atoms with Gasteiger partial charge in [-0.3, -0.25) is 4.68 Å². The fourth-order valence-electron chi connectivity index (χ4n) is 1.77. The third-order valence-corrected chi connectivity index (χ3v) is 5.98. The molecule has 21 heavy (non-hydrogen) atoms. The van der Waals surface area contributed by atoms with Crippen LogP contribution in [0.5, 0.6) is 0 Å². The van der Waals surface area contributed by atoms with Gasteiger partial charge in [-0.1, -0.05) is 23.1 Å². The smallest absolute Gasteiger partial charge is 0.181 e. The van der Waals surface area contributed by atoms with Gasteiger partial charge >= 0.3 is 0 Å². The molecule has 2 rings (SSSR count). The van der Waals surface area contributed by atoms with Crippen molar-refractivity contribution in [2.75, 3.05) is 6.26 Å². The maximum atomic E-state index is 4.54. The lowest BCUT2D eigenvalue weighted by molar-refractivity contribution is 0.421. The van der Waals surface area contributed by atoms with Crippen LogP contribution in [-0.2, 0) is 13.6 Å². The van der Waals surface area contributed by atoms with Gasteiger partial charge in [-0.05, 0) is 45.7 Å². The van der Waals surface area contributed by atoms with E-state index >= 15 is 0 Å². The summed E-state index contributed by atoms with van der Waals surface area (Å²) in [7, 11) is 1.98. The maximum absolute atomic E-state index is 4.54. The normalized spacial score (nSPS) is 12.1. The summed E-state index contributed by atoms with van der Waals surface area (Å²) in [6.07, 6.45) is 2.02. The van der Waals surface area contributed by atoms with E-state index in [0.717, 1.165) is 25.9 Å². The first-order valence-electron chi connectivity index (χ1n) is 6.63.